The number of nitrogens with one attached hydrogen (secondary N) is 2. The lowest BCUT2D eigenvalue weighted by atomic mass is 10.0. The van der Waals surface area contributed by atoms with E-state index in [0.717, 1.165) is 11.1 Å². The smallest absolute Gasteiger partial charge is 0.287 e. The molecule has 0 aliphatic carbocycles. The first-order valence-corrected chi connectivity index (χ1v) is 8.47. The van der Waals surface area contributed by atoms with E-state index < -0.39 is 23.6 Å². The van der Waals surface area contributed by atoms with Crippen LogP contribution in [-0.4, -0.2) is 28.6 Å². The highest BCUT2D eigenvalue weighted by atomic mass is 16.2. The highest BCUT2D eigenvalue weighted by molar-refractivity contribution is 6.38. The first-order valence-electron chi connectivity index (χ1n) is 8.47. The molecule has 0 aliphatic heterocycles. The number of H-pyrrole nitrogens is 1. The van der Waals surface area contributed by atoms with E-state index in [9.17, 15) is 14.4 Å². The summed E-state index contributed by atoms with van der Waals surface area (Å²) >= 11 is 0. The van der Waals surface area contributed by atoms with Crippen LogP contribution in [0.25, 0.3) is 11.1 Å². The maximum atomic E-state index is 12.8. The Kier molecular flexibility index (Phi) is 5.47. The van der Waals surface area contributed by atoms with Gasteiger partial charge >= 0.3 is 0 Å². The Morgan fingerprint density at radius 1 is 0.926 bits per heavy atom. The van der Waals surface area contributed by atoms with Gasteiger partial charge in [-0.05, 0) is 11.1 Å². The minimum atomic E-state index is -1.08. The minimum absolute atomic E-state index is 0.180. The number of aromatic nitrogens is 1. The molecule has 0 radical (unpaired) electrons. The fourth-order valence-electron chi connectivity index (χ4n) is 2.88. The number of hydrogen-bond donors (Lipinski definition) is 3. The zero-order valence-electron chi connectivity index (χ0n) is 14.5. The number of hydrogen-bond acceptors (Lipinski definition) is 3. The number of benzene rings is 2. The van der Waals surface area contributed by atoms with E-state index in [2.05, 4.69) is 10.3 Å². The van der Waals surface area contributed by atoms with Crippen LogP contribution in [-0.2, 0) is 16.0 Å². The van der Waals surface area contributed by atoms with Crippen molar-refractivity contribution in [1.29, 1.82) is 0 Å². The van der Waals surface area contributed by atoms with Gasteiger partial charge in [0.15, 0.2) is 0 Å². The van der Waals surface area contributed by atoms with E-state index in [-0.39, 0.29) is 6.42 Å². The summed E-state index contributed by atoms with van der Waals surface area (Å²) in [6.45, 7) is 0. The molecule has 136 valence electrons. The van der Waals surface area contributed by atoms with Crippen molar-refractivity contribution >= 4 is 17.6 Å². The molecule has 1 aromatic heterocycles. The molecule has 0 saturated carbocycles. The van der Waals surface area contributed by atoms with Crippen LogP contribution in [0.5, 0.6) is 0 Å². The van der Waals surface area contributed by atoms with Crippen LogP contribution >= 0.6 is 0 Å². The van der Waals surface area contributed by atoms with E-state index in [1.807, 2.05) is 60.7 Å². The number of ketones is 1. The standard InChI is InChI=1S/C21H19N3O3/c22-20(26)19(25)18(11-14-7-3-1-4-8-14)24-21(27)17-13-23-12-16(17)15-9-5-2-6-10-15/h1-10,12-13,18,23H,11H2,(H2,22,26)(H,24,27). The summed E-state index contributed by atoms with van der Waals surface area (Å²) in [6.07, 6.45) is 3.46. The van der Waals surface area contributed by atoms with E-state index in [1.54, 1.807) is 12.4 Å². The largest absolute Gasteiger partial charge is 0.366 e. The number of amides is 2. The quantitative estimate of drug-likeness (QED) is 0.561. The van der Waals surface area contributed by atoms with E-state index in [0.29, 0.717) is 11.1 Å². The number of primary amides is 1. The molecule has 0 aliphatic rings. The van der Waals surface area contributed by atoms with Crippen LogP contribution < -0.4 is 11.1 Å². The van der Waals surface area contributed by atoms with Crippen molar-refractivity contribution in [2.75, 3.05) is 0 Å². The Hall–Kier alpha value is -3.67. The molecule has 6 nitrogen and oxygen atoms in total. The molecule has 0 spiro atoms. The van der Waals surface area contributed by atoms with Gasteiger partial charge in [0.2, 0.25) is 5.78 Å². The van der Waals surface area contributed by atoms with Crippen molar-refractivity contribution < 1.29 is 14.4 Å². The molecule has 0 bridgehead atoms. The summed E-state index contributed by atoms with van der Waals surface area (Å²) < 4.78 is 0. The van der Waals surface area contributed by atoms with E-state index >= 15 is 0 Å². The van der Waals surface area contributed by atoms with Crippen molar-refractivity contribution in [1.82, 2.24) is 10.3 Å². The Labute approximate surface area is 156 Å². The van der Waals surface area contributed by atoms with Gasteiger partial charge in [0.05, 0.1) is 5.56 Å². The third kappa shape index (κ3) is 4.30. The molecule has 0 saturated heterocycles. The lowest BCUT2D eigenvalue weighted by Crippen LogP contribution is -2.47. The van der Waals surface area contributed by atoms with Gasteiger partial charge in [-0.25, -0.2) is 0 Å². The van der Waals surface area contributed by atoms with Gasteiger partial charge in [-0.1, -0.05) is 60.7 Å². The van der Waals surface area contributed by atoms with Gasteiger partial charge in [-0.15, -0.1) is 0 Å². The van der Waals surface area contributed by atoms with Gasteiger partial charge < -0.3 is 16.0 Å². The second-order valence-electron chi connectivity index (χ2n) is 6.09. The highest BCUT2D eigenvalue weighted by Crippen LogP contribution is 2.23. The molecule has 1 atom stereocenters. The number of carbonyl (C=O) groups is 3. The summed E-state index contributed by atoms with van der Waals surface area (Å²) in [5.74, 6) is -2.36. The fourth-order valence-corrected chi connectivity index (χ4v) is 2.88. The third-order valence-electron chi connectivity index (χ3n) is 4.22. The molecule has 2 amide bonds. The van der Waals surface area contributed by atoms with Crippen LogP contribution in [0.1, 0.15) is 15.9 Å². The summed E-state index contributed by atoms with van der Waals surface area (Å²) in [5, 5.41) is 2.65. The van der Waals surface area contributed by atoms with Crippen LogP contribution in [0.15, 0.2) is 73.1 Å². The lowest BCUT2D eigenvalue weighted by Gasteiger charge is -2.16. The zero-order chi connectivity index (χ0) is 19.2. The number of aromatic amines is 1. The van der Waals surface area contributed by atoms with E-state index in [1.165, 1.54) is 0 Å². The summed E-state index contributed by atoms with van der Waals surface area (Å²) in [5.41, 5.74) is 7.93. The fraction of sp³-hybridized carbons (Fsp3) is 0.0952. The molecule has 0 fully saturated rings. The number of carbonyl (C=O) groups excluding carboxylic acids is 3. The average molecular weight is 361 g/mol. The van der Waals surface area contributed by atoms with E-state index in [4.69, 9.17) is 5.73 Å². The van der Waals surface area contributed by atoms with Crippen molar-refractivity contribution in [3.8, 4) is 11.1 Å². The molecular formula is C21H19N3O3. The lowest BCUT2D eigenvalue weighted by molar-refractivity contribution is -0.137. The summed E-state index contributed by atoms with van der Waals surface area (Å²) in [4.78, 5) is 39.3. The highest BCUT2D eigenvalue weighted by Gasteiger charge is 2.27. The summed E-state index contributed by atoms with van der Waals surface area (Å²) in [7, 11) is 0. The summed E-state index contributed by atoms with van der Waals surface area (Å²) in [6, 6.07) is 17.5. The maximum absolute atomic E-state index is 12.8. The van der Waals surface area contributed by atoms with Gasteiger partial charge in [0, 0.05) is 24.4 Å². The van der Waals surface area contributed by atoms with Crippen molar-refractivity contribution in [2.24, 2.45) is 5.73 Å². The van der Waals surface area contributed by atoms with Crippen molar-refractivity contribution in [2.45, 2.75) is 12.5 Å². The van der Waals surface area contributed by atoms with Crippen LogP contribution in [0.3, 0.4) is 0 Å². The molecule has 1 unspecified atom stereocenters. The van der Waals surface area contributed by atoms with Crippen molar-refractivity contribution in [3.63, 3.8) is 0 Å². The number of nitrogens with two attached hydrogens (primary N) is 1. The molecule has 3 aromatic rings. The van der Waals surface area contributed by atoms with Gasteiger partial charge in [-0.3, -0.25) is 14.4 Å². The second kappa shape index (κ2) is 8.14. The Morgan fingerprint density at radius 3 is 2.19 bits per heavy atom. The third-order valence-corrected chi connectivity index (χ3v) is 4.22. The maximum Gasteiger partial charge on any atom is 0.287 e. The van der Waals surface area contributed by atoms with Crippen LogP contribution in [0, 0.1) is 0 Å². The topological polar surface area (TPSA) is 105 Å². The number of Topliss-reactive ketones (excluding diaryl/α,β-unsaturated/α-hetero) is 1. The molecule has 3 rings (SSSR count). The predicted octanol–water partition coefficient (Wildman–Crippen LogP) is 2.08. The van der Waals surface area contributed by atoms with Crippen LogP contribution in [0.2, 0.25) is 0 Å². The molecule has 6 heteroatoms. The predicted molar refractivity (Wildman–Crippen MR) is 102 cm³/mol. The van der Waals surface area contributed by atoms with Gasteiger partial charge in [0.1, 0.15) is 6.04 Å². The SMILES string of the molecule is NC(=O)C(=O)C(Cc1ccccc1)NC(=O)c1c[nH]cc1-c1ccccc1. The van der Waals surface area contributed by atoms with Gasteiger partial charge in [-0.2, -0.15) is 0 Å². The molecule has 4 N–H and O–H groups in total. The average Bonchev–Trinajstić information content (AvgIpc) is 3.18. The Balaban J connectivity index is 1.84. The zero-order valence-corrected chi connectivity index (χ0v) is 14.5. The minimum Gasteiger partial charge on any atom is -0.366 e. The monoisotopic (exact) mass is 361 g/mol. The molecular weight excluding hydrogens is 342 g/mol. The first kappa shape index (κ1) is 18.1. The second-order valence-corrected chi connectivity index (χ2v) is 6.09. The number of rotatable bonds is 7. The Bertz CT molecular complexity index is 949. The Morgan fingerprint density at radius 2 is 1.56 bits per heavy atom. The molecule has 27 heavy (non-hydrogen) atoms. The molecule has 1 heterocycles. The van der Waals surface area contributed by atoms with Crippen LogP contribution in [0.4, 0.5) is 0 Å². The van der Waals surface area contributed by atoms with Crippen molar-refractivity contribution in [3.05, 3.63) is 84.2 Å². The molecule has 2 aromatic carbocycles. The van der Waals surface area contributed by atoms with Gasteiger partial charge in [0.25, 0.3) is 11.8 Å². The normalized spacial score (nSPS) is 11.6. The first-order chi connectivity index (χ1) is 13.1.